The predicted molar refractivity (Wildman–Crippen MR) is 66.8 cm³/mol. The number of aromatic nitrogens is 3. The molecule has 0 fully saturated rings. The maximum absolute atomic E-state index is 4.43. The fourth-order valence-corrected chi connectivity index (χ4v) is 2.12. The molecule has 0 aliphatic carbocycles. The van der Waals surface area contributed by atoms with Crippen molar-refractivity contribution in [3.8, 4) is 10.8 Å². The van der Waals surface area contributed by atoms with Gasteiger partial charge in [-0.2, -0.15) is 0 Å². The molecule has 0 bridgehead atoms. The van der Waals surface area contributed by atoms with E-state index in [4.69, 9.17) is 0 Å². The first-order chi connectivity index (χ1) is 7.69. The highest BCUT2D eigenvalue weighted by molar-refractivity contribution is 7.13. The minimum absolute atomic E-state index is 0.703. The van der Waals surface area contributed by atoms with Crippen LogP contribution >= 0.6 is 11.3 Å². The second kappa shape index (κ2) is 4.57. The van der Waals surface area contributed by atoms with Crippen molar-refractivity contribution in [2.24, 2.45) is 0 Å². The largest absolute Gasteiger partial charge is 0.370 e. The fraction of sp³-hybridized carbons (Fsp3) is 0.364. The SMILES string of the molecule is CCNc1cc(C)nc(-c2nc(C)cs2)n1. The molecule has 2 aromatic heterocycles. The van der Waals surface area contributed by atoms with Gasteiger partial charge in [-0.15, -0.1) is 11.3 Å². The normalized spacial score (nSPS) is 10.4. The zero-order chi connectivity index (χ0) is 11.5. The van der Waals surface area contributed by atoms with Crippen molar-refractivity contribution in [3.05, 3.63) is 22.8 Å². The van der Waals surface area contributed by atoms with Gasteiger partial charge in [0.05, 0.1) is 0 Å². The number of nitrogens with one attached hydrogen (secondary N) is 1. The van der Waals surface area contributed by atoms with Gasteiger partial charge in [0.15, 0.2) is 10.8 Å². The highest BCUT2D eigenvalue weighted by Crippen LogP contribution is 2.21. The van der Waals surface area contributed by atoms with Crippen molar-refractivity contribution < 1.29 is 0 Å². The van der Waals surface area contributed by atoms with Gasteiger partial charge in [0.2, 0.25) is 0 Å². The van der Waals surface area contributed by atoms with Gasteiger partial charge < -0.3 is 5.32 Å². The Morgan fingerprint density at radius 2 is 2.00 bits per heavy atom. The van der Waals surface area contributed by atoms with Crippen LogP contribution < -0.4 is 5.32 Å². The van der Waals surface area contributed by atoms with Crippen LogP contribution in [0.3, 0.4) is 0 Å². The Kier molecular flexibility index (Phi) is 3.14. The van der Waals surface area contributed by atoms with Crippen molar-refractivity contribution in [1.82, 2.24) is 15.0 Å². The van der Waals surface area contributed by atoms with E-state index in [2.05, 4.69) is 20.3 Å². The van der Waals surface area contributed by atoms with Crippen molar-refractivity contribution in [2.45, 2.75) is 20.8 Å². The zero-order valence-corrected chi connectivity index (χ0v) is 10.4. The molecule has 2 rings (SSSR count). The highest BCUT2D eigenvalue weighted by Gasteiger charge is 2.07. The number of hydrogen-bond acceptors (Lipinski definition) is 5. The molecule has 4 nitrogen and oxygen atoms in total. The lowest BCUT2D eigenvalue weighted by Gasteiger charge is -2.04. The summed E-state index contributed by atoms with van der Waals surface area (Å²) in [6.45, 7) is 6.84. The molecule has 2 heterocycles. The zero-order valence-electron chi connectivity index (χ0n) is 9.61. The smallest absolute Gasteiger partial charge is 0.190 e. The standard InChI is InChI=1S/C11H14N4S/c1-4-12-9-5-7(2)13-10(15-9)11-14-8(3)6-16-11/h5-6H,4H2,1-3H3,(H,12,13,15). The van der Waals surface area contributed by atoms with E-state index in [1.165, 1.54) is 0 Å². The molecule has 16 heavy (non-hydrogen) atoms. The molecule has 0 radical (unpaired) electrons. The Morgan fingerprint density at radius 1 is 1.19 bits per heavy atom. The van der Waals surface area contributed by atoms with Crippen LogP contribution in [0.1, 0.15) is 18.3 Å². The summed E-state index contributed by atoms with van der Waals surface area (Å²) in [6.07, 6.45) is 0. The van der Waals surface area contributed by atoms with Crippen LogP contribution in [0, 0.1) is 13.8 Å². The Hall–Kier alpha value is -1.49. The van der Waals surface area contributed by atoms with E-state index < -0.39 is 0 Å². The average Bonchev–Trinajstić information content (AvgIpc) is 2.64. The van der Waals surface area contributed by atoms with E-state index in [1.807, 2.05) is 32.2 Å². The van der Waals surface area contributed by atoms with E-state index >= 15 is 0 Å². The van der Waals surface area contributed by atoms with Gasteiger partial charge in [-0.05, 0) is 20.8 Å². The van der Waals surface area contributed by atoms with Gasteiger partial charge in [-0.1, -0.05) is 0 Å². The first-order valence-corrected chi connectivity index (χ1v) is 6.09. The molecule has 84 valence electrons. The van der Waals surface area contributed by atoms with Crippen LogP contribution in [-0.2, 0) is 0 Å². The second-order valence-electron chi connectivity index (χ2n) is 3.54. The average molecular weight is 234 g/mol. The Labute approximate surface area is 98.8 Å². The maximum Gasteiger partial charge on any atom is 0.190 e. The molecular formula is C11H14N4S. The van der Waals surface area contributed by atoms with Crippen LogP contribution in [0.4, 0.5) is 5.82 Å². The van der Waals surface area contributed by atoms with E-state index in [0.717, 1.165) is 28.8 Å². The molecule has 0 unspecified atom stereocenters. The summed E-state index contributed by atoms with van der Waals surface area (Å²) in [5, 5.41) is 6.07. The number of hydrogen-bond donors (Lipinski definition) is 1. The molecule has 5 heteroatoms. The summed E-state index contributed by atoms with van der Waals surface area (Å²) in [4.78, 5) is 13.2. The minimum Gasteiger partial charge on any atom is -0.370 e. The molecule has 0 aliphatic rings. The Balaban J connectivity index is 2.40. The molecule has 0 atom stereocenters. The Morgan fingerprint density at radius 3 is 2.62 bits per heavy atom. The minimum atomic E-state index is 0.703. The molecule has 0 aliphatic heterocycles. The maximum atomic E-state index is 4.43. The van der Waals surface area contributed by atoms with E-state index in [1.54, 1.807) is 11.3 Å². The topological polar surface area (TPSA) is 50.7 Å². The van der Waals surface area contributed by atoms with Crippen LogP contribution in [0.2, 0.25) is 0 Å². The van der Waals surface area contributed by atoms with Gasteiger partial charge >= 0.3 is 0 Å². The van der Waals surface area contributed by atoms with Crippen molar-refractivity contribution in [1.29, 1.82) is 0 Å². The third kappa shape index (κ3) is 2.36. The fourth-order valence-electron chi connectivity index (χ4n) is 1.39. The van der Waals surface area contributed by atoms with Crippen molar-refractivity contribution in [3.63, 3.8) is 0 Å². The molecule has 0 saturated heterocycles. The van der Waals surface area contributed by atoms with E-state index in [9.17, 15) is 0 Å². The lowest BCUT2D eigenvalue weighted by atomic mass is 10.4. The molecule has 0 saturated carbocycles. The van der Waals surface area contributed by atoms with Gasteiger partial charge in [0, 0.05) is 29.4 Å². The van der Waals surface area contributed by atoms with E-state index in [-0.39, 0.29) is 0 Å². The molecule has 2 aromatic rings. The lowest BCUT2D eigenvalue weighted by Crippen LogP contribution is -2.02. The second-order valence-corrected chi connectivity index (χ2v) is 4.40. The summed E-state index contributed by atoms with van der Waals surface area (Å²) >= 11 is 1.57. The summed E-state index contributed by atoms with van der Waals surface area (Å²) in [7, 11) is 0. The van der Waals surface area contributed by atoms with Gasteiger partial charge in [0.1, 0.15) is 5.82 Å². The highest BCUT2D eigenvalue weighted by atomic mass is 32.1. The number of anilines is 1. The number of nitrogens with zero attached hydrogens (tertiary/aromatic N) is 3. The van der Waals surface area contributed by atoms with Gasteiger partial charge in [-0.25, -0.2) is 15.0 Å². The van der Waals surface area contributed by atoms with Crippen molar-refractivity contribution in [2.75, 3.05) is 11.9 Å². The van der Waals surface area contributed by atoms with Crippen LogP contribution in [0.15, 0.2) is 11.4 Å². The van der Waals surface area contributed by atoms with Crippen LogP contribution in [-0.4, -0.2) is 21.5 Å². The predicted octanol–water partition coefficient (Wildman–Crippen LogP) is 2.65. The van der Waals surface area contributed by atoms with Gasteiger partial charge in [0.25, 0.3) is 0 Å². The van der Waals surface area contributed by atoms with Crippen LogP contribution in [0.5, 0.6) is 0 Å². The third-order valence-corrected chi connectivity index (χ3v) is 2.98. The summed E-state index contributed by atoms with van der Waals surface area (Å²) in [6, 6.07) is 1.94. The number of thiazole rings is 1. The summed E-state index contributed by atoms with van der Waals surface area (Å²) < 4.78 is 0. The quantitative estimate of drug-likeness (QED) is 0.887. The van der Waals surface area contributed by atoms with Crippen molar-refractivity contribution >= 4 is 17.2 Å². The third-order valence-electron chi connectivity index (χ3n) is 2.02. The molecule has 0 aromatic carbocycles. The summed E-state index contributed by atoms with van der Waals surface area (Å²) in [5.74, 6) is 1.56. The number of rotatable bonds is 3. The molecule has 1 N–H and O–H groups in total. The van der Waals surface area contributed by atoms with Gasteiger partial charge in [-0.3, -0.25) is 0 Å². The monoisotopic (exact) mass is 234 g/mol. The molecule has 0 spiro atoms. The van der Waals surface area contributed by atoms with E-state index in [0.29, 0.717) is 5.82 Å². The summed E-state index contributed by atoms with van der Waals surface area (Å²) in [5.41, 5.74) is 1.96. The lowest BCUT2D eigenvalue weighted by molar-refractivity contribution is 1.07. The first kappa shape index (κ1) is 11.0. The molecular weight excluding hydrogens is 220 g/mol. The molecule has 0 amide bonds. The first-order valence-electron chi connectivity index (χ1n) is 5.21. The number of aryl methyl sites for hydroxylation is 2. The Bertz CT molecular complexity index is 492. The van der Waals surface area contributed by atoms with Crippen LogP contribution in [0.25, 0.3) is 10.8 Å².